The number of anilines is 2. The van der Waals surface area contributed by atoms with E-state index in [2.05, 4.69) is 15.2 Å². The van der Waals surface area contributed by atoms with Crippen LogP contribution in [0.15, 0.2) is 12.4 Å². The van der Waals surface area contributed by atoms with Gasteiger partial charge in [0.05, 0.1) is 28.6 Å². The Morgan fingerprint density at radius 2 is 2.28 bits per heavy atom. The van der Waals surface area contributed by atoms with Crippen molar-refractivity contribution in [2.24, 2.45) is 0 Å². The number of carbonyl (C=O) groups excluding carboxylic acids is 1. The molecule has 2 saturated heterocycles. The van der Waals surface area contributed by atoms with E-state index in [1.54, 1.807) is 12.4 Å². The fourth-order valence-corrected chi connectivity index (χ4v) is 2.87. The van der Waals surface area contributed by atoms with Gasteiger partial charge in [-0.3, -0.25) is 4.98 Å². The highest BCUT2D eigenvalue weighted by Crippen LogP contribution is 2.32. The van der Waals surface area contributed by atoms with Crippen molar-refractivity contribution in [3.63, 3.8) is 0 Å². The number of nitrogens with one attached hydrogen (secondary N) is 1. The minimum atomic E-state index is 0.0217. The molecule has 0 bridgehead atoms. The van der Waals surface area contributed by atoms with Crippen LogP contribution in [0, 0.1) is 0 Å². The molecule has 1 aromatic rings. The molecule has 0 spiro atoms. The third kappa shape index (κ3) is 1.73. The average Bonchev–Trinajstić information content (AvgIpc) is 2.71. The Kier molecular flexibility index (Phi) is 2.66. The van der Waals surface area contributed by atoms with Crippen LogP contribution in [-0.4, -0.2) is 48.1 Å². The maximum Gasteiger partial charge on any atom is 0.317 e. The van der Waals surface area contributed by atoms with E-state index in [1.807, 2.05) is 4.90 Å². The lowest BCUT2D eigenvalue weighted by atomic mass is 10.1. The van der Waals surface area contributed by atoms with Gasteiger partial charge in [0, 0.05) is 32.4 Å². The molecular formula is C11H14ClN5O. The molecule has 0 aliphatic carbocycles. The number of amides is 2. The van der Waals surface area contributed by atoms with Crippen molar-refractivity contribution in [3.05, 3.63) is 17.4 Å². The number of nitrogens with two attached hydrogens (primary N) is 1. The van der Waals surface area contributed by atoms with Crippen molar-refractivity contribution in [2.75, 3.05) is 36.8 Å². The van der Waals surface area contributed by atoms with Gasteiger partial charge < -0.3 is 20.9 Å². The van der Waals surface area contributed by atoms with E-state index in [-0.39, 0.29) is 12.1 Å². The highest BCUT2D eigenvalue weighted by molar-refractivity contribution is 6.33. The normalized spacial score (nSPS) is 22.9. The number of hydrogen-bond acceptors (Lipinski definition) is 4. The number of nitrogens with zero attached hydrogens (tertiary/aromatic N) is 3. The second kappa shape index (κ2) is 4.20. The predicted molar refractivity (Wildman–Crippen MR) is 69.8 cm³/mol. The highest BCUT2D eigenvalue weighted by atomic mass is 35.5. The maximum atomic E-state index is 11.5. The van der Waals surface area contributed by atoms with Crippen LogP contribution in [0.4, 0.5) is 16.2 Å². The molecule has 2 amide bonds. The molecule has 3 heterocycles. The van der Waals surface area contributed by atoms with Crippen molar-refractivity contribution in [2.45, 2.75) is 6.04 Å². The third-order valence-corrected chi connectivity index (χ3v) is 3.73. The summed E-state index contributed by atoms with van der Waals surface area (Å²) >= 11 is 6.15. The van der Waals surface area contributed by atoms with Gasteiger partial charge in [-0.25, -0.2) is 4.79 Å². The van der Waals surface area contributed by atoms with Gasteiger partial charge in [0.25, 0.3) is 0 Å². The smallest absolute Gasteiger partial charge is 0.317 e. The van der Waals surface area contributed by atoms with Crippen LogP contribution in [0.5, 0.6) is 0 Å². The van der Waals surface area contributed by atoms with Crippen LogP contribution < -0.4 is 16.0 Å². The van der Waals surface area contributed by atoms with Crippen LogP contribution in [0.1, 0.15) is 0 Å². The average molecular weight is 268 g/mol. The number of hydrogen-bond donors (Lipinski definition) is 2. The van der Waals surface area contributed by atoms with Crippen LogP contribution in [0.2, 0.25) is 5.02 Å². The van der Waals surface area contributed by atoms with Gasteiger partial charge in [0.1, 0.15) is 0 Å². The summed E-state index contributed by atoms with van der Waals surface area (Å²) in [7, 11) is 0. The molecule has 3 N–H and O–H groups in total. The van der Waals surface area contributed by atoms with Crippen LogP contribution >= 0.6 is 11.6 Å². The highest BCUT2D eigenvalue weighted by Gasteiger charge is 2.36. The Balaban J connectivity index is 1.85. The second-order valence-electron chi connectivity index (χ2n) is 4.54. The zero-order valence-corrected chi connectivity index (χ0v) is 10.5. The van der Waals surface area contributed by atoms with E-state index >= 15 is 0 Å². The van der Waals surface area contributed by atoms with Crippen molar-refractivity contribution in [1.29, 1.82) is 0 Å². The standard InChI is InChI=1S/C11H14ClN5O/c12-8-4-14-5-9(13)10(8)16-1-2-17-7(6-16)3-15-11(17)18/h4-5,7H,1-3,6,13H2,(H,15,18). The molecule has 96 valence electrons. The Morgan fingerprint density at radius 3 is 3.06 bits per heavy atom. The minimum absolute atomic E-state index is 0.0217. The van der Waals surface area contributed by atoms with Gasteiger partial charge in [0.2, 0.25) is 0 Å². The monoisotopic (exact) mass is 267 g/mol. The summed E-state index contributed by atoms with van der Waals surface area (Å²) in [4.78, 5) is 19.5. The molecule has 6 nitrogen and oxygen atoms in total. The molecule has 18 heavy (non-hydrogen) atoms. The van der Waals surface area contributed by atoms with E-state index < -0.39 is 0 Å². The number of halogens is 1. The summed E-state index contributed by atoms with van der Waals surface area (Å²) in [6, 6.07) is 0.211. The number of piperazine rings is 1. The lowest BCUT2D eigenvalue weighted by molar-refractivity contribution is 0.198. The van der Waals surface area contributed by atoms with Crippen LogP contribution in [0.3, 0.4) is 0 Å². The molecule has 2 fully saturated rings. The zero-order valence-electron chi connectivity index (χ0n) is 9.77. The molecule has 7 heteroatoms. The van der Waals surface area contributed by atoms with E-state index in [9.17, 15) is 4.79 Å². The van der Waals surface area contributed by atoms with Crippen molar-refractivity contribution < 1.29 is 4.79 Å². The van der Waals surface area contributed by atoms with Gasteiger partial charge in [-0.15, -0.1) is 0 Å². The van der Waals surface area contributed by atoms with Gasteiger partial charge in [0.15, 0.2) is 0 Å². The molecule has 0 aromatic carbocycles. The number of nitrogen functional groups attached to an aromatic ring is 1. The molecule has 0 saturated carbocycles. The Labute approximate surface area is 110 Å². The minimum Gasteiger partial charge on any atom is -0.396 e. The molecule has 1 atom stereocenters. The Hall–Kier alpha value is -1.69. The summed E-state index contributed by atoms with van der Waals surface area (Å²) in [5, 5.41) is 3.40. The zero-order chi connectivity index (χ0) is 12.7. The summed E-state index contributed by atoms with van der Waals surface area (Å²) in [6.45, 7) is 2.84. The van der Waals surface area contributed by atoms with Crippen molar-refractivity contribution >= 4 is 29.0 Å². The number of rotatable bonds is 1. The number of fused-ring (bicyclic) bond motifs is 1. The van der Waals surface area contributed by atoms with Crippen LogP contribution in [-0.2, 0) is 0 Å². The van der Waals surface area contributed by atoms with Gasteiger partial charge >= 0.3 is 6.03 Å². The molecular weight excluding hydrogens is 254 g/mol. The molecule has 1 unspecified atom stereocenters. The molecule has 2 aliphatic rings. The lowest BCUT2D eigenvalue weighted by Gasteiger charge is -2.38. The molecule has 1 aromatic heterocycles. The molecule has 0 radical (unpaired) electrons. The fourth-order valence-electron chi connectivity index (χ4n) is 2.58. The SMILES string of the molecule is Nc1cncc(Cl)c1N1CCN2C(=O)NCC2C1. The summed E-state index contributed by atoms with van der Waals surface area (Å²) in [6.07, 6.45) is 3.20. The number of urea groups is 1. The summed E-state index contributed by atoms with van der Waals surface area (Å²) < 4.78 is 0. The Morgan fingerprint density at radius 1 is 1.44 bits per heavy atom. The van der Waals surface area contributed by atoms with Crippen molar-refractivity contribution in [1.82, 2.24) is 15.2 Å². The van der Waals surface area contributed by atoms with E-state index in [1.165, 1.54) is 0 Å². The number of carbonyl (C=O) groups is 1. The summed E-state index contributed by atoms with van der Waals surface area (Å²) in [5.41, 5.74) is 7.33. The molecule has 2 aliphatic heterocycles. The second-order valence-corrected chi connectivity index (χ2v) is 4.95. The quantitative estimate of drug-likeness (QED) is 0.778. The lowest BCUT2D eigenvalue weighted by Crippen LogP contribution is -2.52. The van der Waals surface area contributed by atoms with E-state index in [0.717, 1.165) is 18.8 Å². The summed E-state index contributed by atoms with van der Waals surface area (Å²) in [5.74, 6) is 0. The maximum absolute atomic E-state index is 11.5. The number of aromatic nitrogens is 1. The van der Waals surface area contributed by atoms with Gasteiger partial charge in [-0.05, 0) is 0 Å². The predicted octanol–water partition coefficient (Wildman–Crippen LogP) is 0.531. The van der Waals surface area contributed by atoms with Crippen molar-refractivity contribution in [3.8, 4) is 0 Å². The van der Waals surface area contributed by atoms with Gasteiger partial charge in [-0.1, -0.05) is 11.6 Å². The first-order valence-electron chi connectivity index (χ1n) is 5.85. The first kappa shape index (κ1) is 11.4. The topological polar surface area (TPSA) is 74.5 Å². The van der Waals surface area contributed by atoms with E-state index in [0.29, 0.717) is 23.8 Å². The first-order chi connectivity index (χ1) is 8.66. The first-order valence-corrected chi connectivity index (χ1v) is 6.23. The Bertz CT molecular complexity index is 474. The number of pyridine rings is 1. The van der Waals surface area contributed by atoms with Crippen LogP contribution in [0.25, 0.3) is 0 Å². The molecule has 3 rings (SSSR count). The largest absolute Gasteiger partial charge is 0.396 e. The van der Waals surface area contributed by atoms with E-state index in [4.69, 9.17) is 17.3 Å². The van der Waals surface area contributed by atoms with Gasteiger partial charge in [-0.2, -0.15) is 0 Å². The fraction of sp³-hybridized carbons (Fsp3) is 0.455. The third-order valence-electron chi connectivity index (χ3n) is 3.45.